The average Bonchev–Trinajstić information content (AvgIpc) is 3.11. The Morgan fingerprint density at radius 1 is 1.20 bits per heavy atom. The topological polar surface area (TPSA) is 52.2 Å². The van der Waals surface area contributed by atoms with Gasteiger partial charge in [0.1, 0.15) is 11.5 Å². The maximum Gasteiger partial charge on any atom is 0.272 e. The van der Waals surface area contributed by atoms with Crippen molar-refractivity contribution in [3.63, 3.8) is 0 Å². The number of nitrogens with one attached hydrogen (secondary N) is 1. The molecular weight excluding hydrogens is 312 g/mol. The Hall–Kier alpha value is -2.14. The molecule has 1 aromatic carbocycles. The summed E-state index contributed by atoms with van der Waals surface area (Å²) in [5.74, 6) is 1.48. The average molecular weight is 338 g/mol. The lowest BCUT2D eigenvalue weighted by Gasteiger charge is -2.34. The Bertz CT molecular complexity index is 761. The summed E-state index contributed by atoms with van der Waals surface area (Å²) >= 11 is 0. The molecule has 2 aliphatic rings. The molecule has 1 aromatic heterocycles. The highest BCUT2D eigenvalue weighted by Crippen LogP contribution is 2.27. The van der Waals surface area contributed by atoms with Gasteiger partial charge in [-0.3, -0.25) is 4.79 Å². The quantitative estimate of drug-likeness (QED) is 0.916. The third kappa shape index (κ3) is 3.21. The first-order valence-corrected chi connectivity index (χ1v) is 9.23. The number of aromatic nitrogens is 2. The van der Waals surface area contributed by atoms with Gasteiger partial charge in [-0.1, -0.05) is 24.3 Å². The number of aromatic amines is 1. The second-order valence-corrected chi connectivity index (χ2v) is 7.51. The van der Waals surface area contributed by atoms with Crippen LogP contribution in [0.2, 0.25) is 0 Å². The van der Waals surface area contributed by atoms with Crippen LogP contribution in [0.4, 0.5) is 0 Å². The van der Waals surface area contributed by atoms with Gasteiger partial charge in [0.15, 0.2) is 0 Å². The van der Waals surface area contributed by atoms with Gasteiger partial charge in [-0.05, 0) is 57.5 Å². The molecular formula is C20H26N4O. The molecule has 25 heavy (non-hydrogen) atoms. The molecule has 1 atom stereocenters. The molecule has 0 saturated carbocycles. The lowest BCUT2D eigenvalue weighted by molar-refractivity contribution is 0.0652. The number of hydrogen-bond donors (Lipinski definition) is 1. The molecule has 1 amide bonds. The molecule has 0 spiro atoms. The molecule has 3 heterocycles. The molecule has 0 bridgehead atoms. The lowest BCUT2D eigenvalue weighted by Crippen LogP contribution is -2.42. The van der Waals surface area contributed by atoms with E-state index in [1.807, 2.05) is 11.0 Å². The number of fused-ring (bicyclic) bond motifs is 1. The molecule has 0 radical (unpaired) electrons. The second kappa shape index (κ2) is 6.64. The van der Waals surface area contributed by atoms with Crippen LogP contribution in [-0.2, 0) is 13.0 Å². The fourth-order valence-electron chi connectivity index (χ4n) is 4.04. The summed E-state index contributed by atoms with van der Waals surface area (Å²) in [6.45, 7) is 4.99. The van der Waals surface area contributed by atoms with Crippen molar-refractivity contribution in [2.24, 2.45) is 0 Å². The van der Waals surface area contributed by atoms with Crippen LogP contribution in [0.5, 0.6) is 0 Å². The molecule has 1 saturated heterocycles. The van der Waals surface area contributed by atoms with Crippen molar-refractivity contribution >= 4 is 5.91 Å². The van der Waals surface area contributed by atoms with Crippen LogP contribution in [0.15, 0.2) is 30.5 Å². The summed E-state index contributed by atoms with van der Waals surface area (Å²) in [6.07, 6.45) is 4.84. The number of likely N-dealkylation sites (tertiary alicyclic amines) is 1. The number of carbonyl (C=O) groups is 1. The standard InChI is InChI=1S/C20H26N4O/c1-14-11-16-5-3-4-6-17(16)13-24(14)20(25)18-12-21-19(22-18)15-7-9-23(2)10-8-15/h3-6,12,14-15H,7-11,13H2,1-2H3,(H,21,22). The van der Waals surface area contributed by atoms with Crippen molar-refractivity contribution in [3.05, 3.63) is 53.1 Å². The maximum absolute atomic E-state index is 13.0. The third-order valence-electron chi connectivity index (χ3n) is 5.70. The Labute approximate surface area is 149 Å². The zero-order valence-corrected chi connectivity index (χ0v) is 15.0. The van der Waals surface area contributed by atoms with E-state index < -0.39 is 0 Å². The summed E-state index contributed by atoms with van der Waals surface area (Å²) in [7, 11) is 2.16. The number of imidazole rings is 1. The van der Waals surface area contributed by atoms with Gasteiger partial charge >= 0.3 is 0 Å². The monoisotopic (exact) mass is 338 g/mol. The molecule has 1 N–H and O–H groups in total. The van der Waals surface area contributed by atoms with Crippen LogP contribution >= 0.6 is 0 Å². The third-order valence-corrected chi connectivity index (χ3v) is 5.70. The summed E-state index contributed by atoms with van der Waals surface area (Å²) in [5, 5.41) is 0. The van der Waals surface area contributed by atoms with Crippen molar-refractivity contribution in [1.29, 1.82) is 0 Å². The van der Waals surface area contributed by atoms with E-state index in [0.29, 0.717) is 18.2 Å². The molecule has 1 fully saturated rings. The Balaban J connectivity index is 1.50. The van der Waals surface area contributed by atoms with Crippen LogP contribution in [0, 0.1) is 0 Å². The molecule has 132 valence electrons. The van der Waals surface area contributed by atoms with Gasteiger partial charge in [0.25, 0.3) is 5.91 Å². The highest BCUT2D eigenvalue weighted by Gasteiger charge is 2.29. The first kappa shape index (κ1) is 16.3. The molecule has 1 unspecified atom stereocenters. The first-order valence-electron chi connectivity index (χ1n) is 9.23. The predicted octanol–water partition coefficient (Wildman–Crippen LogP) is 2.81. The van der Waals surface area contributed by atoms with Gasteiger partial charge in [0.05, 0.1) is 6.20 Å². The smallest absolute Gasteiger partial charge is 0.272 e. The van der Waals surface area contributed by atoms with Crippen LogP contribution in [-0.4, -0.2) is 51.9 Å². The van der Waals surface area contributed by atoms with E-state index in [9.17, 15) is 4.79 Å². The Morgan fingerprint density at radius 2 is 1.92 bits per heavy atom. The van der Waals surface area contributed by atoms with Crippen LogP contribution in [0.3, 0.4) is 0 Å². The van der Waals surface area contributed by atoms with Gasteiger partial charge < -0.3 is 14.8 Å². The highest BCUT2D eigenvalue weighted by molar-refractivity contribution is 5.92. The summed E-state index contributed by atoms with van der Waals surface area (Å²) < 4.78 is 0. The van der Waals surface area contributed by atoms with E-state index in [1.165, 1.54) is 11.1 Å². The fourth-order valence-corrected chi connectivity index (χ4v) is 4.04. The first-order chi connectivity index (χ1) is 12.1. The van der Waals surface area contributed by atoms with E-state index in [-0.39, 0.29) is 11.9 Å². The van der Waals surface area contributed by atoms with Crippen molar-refractivity contribution in [1.82, 2.24) is 19.8 Å². The zero-order valence-electron chi connectivity index (χ0n) is 15.0. The number of H-pyrrole nitrogens is 1. The van der Waals surface area contributed by atoms with E-state index in [2.05, 4.69) is 47.0 Å². The minimum atomic E-state index is 0.0636. The van der Waals surface area contributed by atoms with Crippen LogP contribution in [0.1, 0.15) is 53.1 Å². The molecule has 2 aliphatic heterocycles. The second-order valence-electron chi connectivity index (χ2n) is 7.51. The summed E-state index contributed by atoms with van der Waals surface area (Å²) in [6, 6.07) is 8.62. The maximum atomic E-state index is 13.0. The van der Waals surface area contributed by atoms with Crippen molar-refractivity contribution < 1.29 is 4.79 Å². The van der Waals surface area contributed by atoms with Gasteiger partial charge in [-0.15, -0.1) is 0 Å². The van der Waals surface area contributed by atoms with E-state index in [0.717, 1.165) is 38.2 Å². The number of carbonyl (C=O) groups excluding carboxylic acids is 1. The molecule has 4 rings (SSSR count). The van der Waals surface area contributed by atoms with Crippen LogP contribution < -0.4 is 0 Å². The Kier molecular flexibility index (Phi) is 4.34. The largest absolute Gasteiger partial charge is 0.338 e. The van der Waals surface area contributed by atoms with Gasteiger partial charge in [-0.25, -0.2) is 4.98 Å². The van der Waals surface area contributed by atoms with Gasteiger partial charge in [-0.2, -0.15) is 0 Å². The number of amides is 1. The summed E-state index contributed by atoms with van der Waals surface area (Å²) in [4.78, 5) is 25.2. The minimum absolute atomic E-state index is 0.0636. The van der Waals surface area contributed by atoms with Crippen LogP contribution in [0.25, 0.3) is 0 Å². The highest BCUT2D eigenvalue weighted by atomic mass is 16.2. The van der Waals surface area contributed by atoms with Crippen molar-refractivity contribution in [2.45, 2.75) is 44.7 Å². The fraction of sp³-hybridized carbons (Fsp3) is 0.500. The van der Waals surface area contributed by atoms with E-state index in [4.69, 9.17) is 0 Å². The minimum Gasteiger partial charge on any atom is -0.338 e. The van der Waals surface area contributed by atoms with E-state index in [1.54, 1.807) is 6.20 Å². The van der Waals surface area contributed by atoms with Crippen molar-refractivity contribution in [2.75, 3.05) is 20.1 Å². The predicted molar refractivity (Wildman–Crippen MR) is 97.5 cm³/mol. The van der Waals surface area contributed by atoms with Gasteiger partial charge in [0.2, 0.25) is 0 Å². The van der Waals surface area contributed by atoms with Crippen molar-refractivity contribution in [3.8, 4) is 0 Å². The number of nitrogens with zero attached hydrogens (tertiary/aromatic N) is 3. The number of benzene rings is 1. The molecule has 2 aromatic rings. The number of piperidine rings is 1. The number of hydrogen-bond acceptors (Lipinski definition) is 3. The number of rotatable bonds is 2. The zero-order chi connectivity index (χ0) is 17.4. The lowest BCUT2D eigenvalue weighted by atomic mass is 9.94. The SMILES string of the molecule is CC1Cc2ccccc2CN1C(=O)c1cnc(C2CCN(C)CC2)[nH]1. The molecule has 0 aliphatic carbocycles. The van der Waals surface area contributed by atoms with Gasteiger partial charge in [0, 0.05) is 18.5 Å². The van der Waals surface area contributed by atoms with E-state index >= 15 is 0 Å². The molecule has 5 heteroatoms. The molecule has 5 nitrogen and oxygen atoms in total. The normalized spacial score (nSPS) is 22.0. The Morgan fingerprint density at radius 3 is 2.68 bits per heavy atom. The summed E-state index contributed by atoms with van der Waals surface area (Å²) in [5.41, 5.74) is 3.24.